The largest absolute Gasteiger partial charge is 0.268 e. The van der Waals surface area contributed by atoms with Crippen molar-refractivity contribution in [2.24, 2.45) is 0 Å². The maximum Gasteiger partial charge on any atom is 0.123 e. The number of rotatable bonds is 3. The van der Waals surface area contributed by atoms with Gasteiger partial charge in [0.1, 0.15) is 5.82 Å². The van der Waals surface area contributed by atoms with Crippen molar-refractivity contribution in [1.29, 1.82) is 0 Å². The summed E-state index contributed by atoms with van der Waals surface area (Å²) in [6, 6.07) is 8.73. The molecule has 1 fully saturated rings. The molecule has 0 saturated heterocycles. The summed E-state index contributed by atoms with van der Waals surface area (Å²) in [7, 11) is 0. The van der Waals surface area contributed by atoms with Crippen molar-refractivity contribution in [3.63, 3.8) is 0 Å². The van der Waals surface area contributed by atoms with Crippen LogP contribution in [0.15, 0.2) is 36.5 Å². The lowest BCUT2D eigenvalue weighted by Crippen LogP contribution is -2.01. The SMILES string of the molecule is Fc1cccc(Cn2ccc(C3CC3)n2)c1. The molecule has 82 valence electrons. The van der Waals surface area contributed by atoms with Gasteiger partial charge in [-0.25, -0.2) is 4.39 Å². The summed E-state index contributed by atoms with van der Waals surface area (Å²) >= 11 is 0. The Kier molecular flexibility index (Phi) is 2.24. The molecule has 3 rings (SSSR count). The fourth-order valence-electron chi connectivity index (χ4n) is 1.88. The van der Waals surface area contributed by atoms with Gasteiger partial charge in [0, 0.05) is 12.1 Å². The quantitative estimate of drug-likeness (QED) is 0.771. The van der Waals surface area contributed by atoms with Gasteiger partial charge >= 0.3 is 0 Å². The van der Waals surface area contributed by atoms with E-state index in [2.05, 4.69) is 11.2 Å². The lowest BCUT2D eigenvalue weighted by Gasteiger charge is -2.01. The van der Waals surface area contributed by atoms with Crippen LogP contribution in [0.25, 0.3) is 0 Å². The normalized spacial score (nSPS) is 15.3. The first-order valence-corrected chi connectivity index (χ1v) is 5.59. The molecule has 0 unspecified atom stereocenters. The molecule has 0 bridgehead atoms. The molecule has 0 radical (unpaired) electrons. The third kappa shape index (κ3) is 1.98. The van der Waals surface area contributed by atoms with Crippen LogP contribution in [0.2, 0.25) is 0 Å². The molecule has 0 N–H and O–H groups in total. The van der Waals surface area contributed by atoms with Crippen molar-refractivity contribution in [3.05, 3.63) is 53.6 Å². The monoisotopic (exact) mass is 216 g/mol. The van der Waals surface area contributed by atoms with Crippen molar-refractivity contribution in [2.45, 2.75) is 25.3 Å². The zero-order chi connectivity index (χ0) is 11.0. The van der Waals surface area contributed by atoms with Gasteiger partial charge in [-0.2, -0.15) is 5.10 Å². The van der Waals surface area contributed by atoms with E-state index in [4.69, 9.17) is 0 Å². The highest BCUT2D eigenvalue weighted by Crippen LogP contribution is 2.38. The smallest absolute Gasteiger partial charge is 0.123 e. The average molecular weight is 216 g/mol. The summed E-state index contributed by atoms with van der Waals surface area (Å²) in [5.41, 5.74) is 2.13. The Hall–Kier alpha value is -1.64. The van der Waals surface area contributed by atoms with Gasteiger partial charge in [0.2, 0.25) is 0 Å². The lowest BCUT2D eigenvalue weighted by atomic mass is 10.2. The van der Waals surface area contributed by atoms with Crippen LogP contribution in [0.4, 0.5) is 4.39 Å². The van der Waals surface area contributed by atoms with Gasteiger partial charge in [0.15, 0.2) is 0 Å². The number of hydrogen-bond donors (Lipinski definition) is 0. The second-order valence-electron chi connectivity index (χ2n) is 4.34. The zero-order valence-corrected chi connectivity index (χ0v) is 8.94. The molecule has 1 aromatic carbocycles. The molecule has 1 aliphatic rings. The second kappa shape index (κ2) is 3.74. The van der Waals surface area contributed by atoms with Crippen LogP contribution in [-0.4, -0.2) is 9.78 Å². The van der Waals surface area contributed by atoms with E-state index in [-0.39, 0.29) is 5.82 Å². The van der Waals surface area contributed by atoms with Crippen LogP contribution in [0.5, 0.6) is 0 Å². The van der Waals surface area contributed by atoms with Crippen molar-refractivity contribution in [3.8, 4) is 0 Å². The fourth-order valence-corrected chi connectivity index (χ4v) is 1.88. The Bertz CT molecular complexity index is 500. The molecule has 2 aromatic rings. The van der Waals surface area contributed by atoms with E-state index in [9.17, 15) is 4.39 Å². The summed E-state index contributed by atoms with van der Waals surface area (Å²) in [6.45, 7) is 0.643. The van der Waals surface area contributed by atoms with Gasteiger partial charge in [-0.05, 0) is 36.6 Å². The van der Waals surface area contributed by atoms with Crippen molar-refractivity contribution in [2.75, 3.05) is 0 Å². The van der Waals surface area contributed by atoms with Gasteiger partial charge in [-0.15, -0.1) is 0 Å². The average Bonchev–Trinajstić information content (AvgIpc) is 3.01. The summed E-state index contributed by atoms with van der Waals surface area (Å²) in [4.78, 5) is 0. The number of nitrogens with zero attached hydrogens (tertiary/aromatic N) is 2. The van der Waals surface area contributed by atoms with Gasteiger partial charge in [-0.3, -0.25) is 4.68 Å². The summed E-state index contributed by atoms with van der Waals surface area (Å²) in [6.07, 6.45) is 4.49. The van der Waals surface area contributed by atoms with E-state index < -0.39 is 0 Å². The fraction of sp³-hybridized carbons (Fsp3) is 0.308. The molecule has 0 amide bonds. The van der Waals surface area contributed by atoms with E-state index >= 15 is 0 Å². The Labute approximate surface area is 93.7 Å². The van der Waals surface area contributed by atoms with Crippen LogP contribution >= 0.6 is 0 Å². The van der Waals surface area contributed by atoms with Crippen LogP contribution < -0.4 is 0 Å². The molecule has 1 heterocycles. The predicted molar refractivity (Wildman–Crippen MR) is 59.7 cm³/mol. The maximum atomic E-state index is 13.0. The van der Waals surface area contributed by atoms with Crippen LogP contribution in [0.1, 0.15) is 30.0 Å². The minimum Gasteiger partial charge on any atom is -0.268 e. The van der Waals surface area contributed by atoms with E-state index in [0.29, 0.717) is 12.5 Å². The van der Waals surface area contributed by atoms with E-state index in [1.807, 2.05) is 16.9 Å². The molecule has 16 heavy (non-hydrogen) atoms. The number of benzene rings is 1. The minimum atomic E-state index is -0.188. The summed E-state index contributed by atoms with van der Waals surface area (Å²) in [5.74, 6) is 0.487. The molecule has 1 aromatic heterocycles. The van der Waals surface area contributed by atoms with Gasteiger partial charge in [0.05, 0.1) is 12.2 Å². The first-order chi connectivity index (χ1) is 7.81. The van der Waals surface area contributed by atoms with Gasteiger partial charge in [-0.1, -0.05) is 12.1 Å². The molecule has 0 spiro atoms. The molecule has 0 atom stereocenters. The first kappa shape index (κ1) is 9.58. The standard InChI is InChI=1S/C13H13FN2/c14-12-3-1-2-10(8-12)9-16-7-6-13(15-16)11-4-5-11/h1-3,6-8,11H,4-5,9H2. The highest BCUT2D eigenvalue weighted by Gasteiger charge is 2.25. The molecule has 1 saturated carbocycles. The Morgan fingerprint density at radius 2 is 2.19 bits per heavy atom. The van der Waals surface area contributed by atoms with Crippen molar-refractivity contribution < 1.29 is 4.39 Å². The van der Waals surface area contributed by atoms with Crippen molar-refractivity contribution >= 4 is 0 Å². The highest BCUT2D eigenvalue weighted by molar-refractivity contribution is 5.18. The number of halogens is 1. The van der Waals surface area contributed by atoms with Gasteiger partial charge in [0.25, 0.3) is 0 Å². The third-order valence-electron chi connectivity index (χ3n) is 2.89. The molecule has 1 aliphatic carbocycles. The van der Waals surface area contributed by atoms with Crippen LogP contribution in [0.3, 0.4) is 0 Å². The molecule has 3 heteroatoms. The molecule has 0 aliphatic heterocycles. The topological polar surface area (TPSA) is 17.8 Å². The highest BCUT2D eigenvalue weighted by atomic mass is 19.1. The number of hydrogen-bond acceptors (Lipinski definition) is 1. The van der Waals surface area contributed by atoms with E-state index in [1.54, 1.807) is 12.1 Å². The number of aromatic nitrogens is 2. The maximum absolute atomic E-state index is 13.0. The Balaban J connectivity index is 1.77. The van der Waals surface area contributed by atoms with Gasteiger partial charge < -0.3 is 0 Å². The second-order valence-corrected chi connectivity index (χ2v) is 4.34. The Morgan fingerprint density at radius 1 is 1.31 bits per heavy atom. The summed E-state index contributed by atoms with van der Waals surface area (Å²) in [5, 5.41) is 4.49. The van der Waals surface area contributed by atoms with E-state index in [1.165, 1.54) is 24.6 Å². The minimum absolute atomic E-state index is 0.188. The molecule has 2 nitrogen and oxygen atoms in total. The zero-order valence-electron chi connectivity index (χ0n) is 8.94. The Morgan fingerprint density at radius 3 is 2.94 bits per heavy atom. The van der Waals surface area contributed by atoms with Crippen LogP contribution in [0, 0.1) is 5.82 Å². The summed E-state index contributed by atoms with van der Waals surface area (Å²) < 4.78 is 14.9. The van der Waals surface area contributed by atoms with Crippen molar-refractivity contribution in [1.82, 2.24) is 9.78 Å². The molecular weight excluding hydrogens is 203 g/mol. The molecular formula is C13H13FN2. The van der Waals surface area contributed by atoms with E-state index in [0.717, 1.165) is 5.56 Å². The van der Waals surface area contributed by atoms with Crippen LogP contribution in [-0.2, 0) is 6.54 Å². The third-order valence-corrected chi connectivity index (χ3v) is 2.89. The predicted octanol–water partition coefficient (Wildman–Crippen LogP) is 2.95. The first-order valence-electron chi connectivity index (χ1n) is 5.59. The lowest BCUT2D eigenvalue weighted by molar-refractivity contribution is 0.618.